The highest BCUT2D eigenvalue weighted by atomic mass is 35.5. The van der Waals surface area contributed by atoms with E-state index in [1.165, 1.54) is 17.3 Å². The molecule has 4 rings (SSSR count). The van der Waals surface area contributed by atoms with Gasteiger partial charge < -0.3 is 16.0 Å². The number of thioether (sulfide) groups is 1. The molecule has 8 heteroatoms. The molecule has 1 atom stereocenters. The summed E-state index contributed by atoms with van der Waals surface area (Å²) in [6, 6.07) is 30.9. The Kier molecular flexibility index (Phi) is 10.6. The van der Waals surface area contributed by atoms with Crippen LogP contribution >= 0.6 is 23.4 Å². The standard InChI is InChI=1S/C34H32ClN3O3S/c1-22(2)25-15-13-24(14-16-25)21-31(38-33(40)26-9-5-4-6-10-26)34(41)36-27-17-19-28(20-18-27)42-23(3)32(39)37-30-12-8-7-11-29(30)35/h4-23H,1-3H3,(H,36,41)(H,37,39)(H,38,40)/b31-21-. The topological polar surface area (TPSA) is 87.3 Å². The van der Waals surface area contributed by atoms with Crippen molar-refractivity contribution in [1.29, 1.82) is 0 Å². The Balaban J connectivity index is 1.45. The number of rotatable bonds is 10. The first-order valence-corrected chi connectivity index (χ1v) is 14.8. The summed E-state index contributed by atoms with van der Waals surface area (Å²) in [6.45, 7) is 6.04. The molecule has 0 bridgehead atoms. The molecule has 0 aliphatic rings. The summed E-state index contributed by atoms with van der Waals surface area (Å²) in [5.74, 6) is -0.632. The Labute approximate surface area is 255 Å². The van der Waals surface area contributed by atoms with Crippen molar-refractivity contribution in [3.05, 3.63) is 131 Å². The number of carbonyl (C=O) groups is 3. The van der Waals surface area contributed by atoms with Crippen LogP contribution in [-0.2, 0) is 9.59 Å². The van der Waals surface area contributed by atoms with Gasteiger partial charge in [0, 0.05) is 16.1 Å². The van der Waals surface area contributed by atoms with E-state index in [0.29, 0.717) is 27.9 Å². The summed E-state index contributed by atoms with van der Waals surface area (Å²) in [4.78, 5) is 39.8. The Hall–Kier alpha value is -4.33. The van der Waals surface area contributed by atoms with E-state index in [1.807, 2.05) is 55.5 Å². The van der Waals surface area contributed by atoms with Crippen molar-refractivity contribution in [2.75, 3.05) is 10.6 Å². The third-order valence-corrected chi connectivity index (χ3v) is 7.81. The highest BCUT2D eigenvalue weighted by Crippen LogP contribution is 2.27. The lowest BCUT2D eigenvalue weighted by Crippen LogP contribution is -2.30. The maximum Gasteiger partial charge on any atom is 0.272 e. The minimum absolute atomic E-state index is 0.115. The maximum atomic E-state index is 13.3. The van der Waals surface area contributed by atoms with Gasteiger partial charge in [0.1, 0.15) is 5.70 Å². The van der Waals surface area contributed by atoms with Gasteiger partial charge in [-0.2, -0.15) is 0 Å². The second kappa shape index (κ2) is 14.5. The maximum absolute atomic E-state index is 13.3. The molecule has 6 nitrogen and oxygen atoms in total. The van der Waals surface area contributed by atoms with E-state index < -0.39 is 5.91 Å². The molecule has 0 spiro atoms. The normalized spacial score (nSPS) is 12.0. The van der Waals surface area contributed by atoms with E-state index in [2.05, 4.69) is 29.8 Å². The van der Waals surface area contributed by atoms with Gasteiger partial charge in [-0.3, -0.25) is 14.4 Å². The smallest absolute Gasteiger partial charge is 0.272 e. The molecular formula is C34H32ClN3O3S. The van der Waals surface area contributed by atoms with Gasteiger partial charge >= 0.3 is 0 Å². The summed E-state index contributed by atoms with van der Waals surface area (Å²) in [5, 5.41) is 8.57. The third-order valence-electron chi connectivity index (χ3n) is 6.37. The van der Waals surface area contributed by atoms with Crippen molar-refractivity contribution in [3.63, 3.8) is 0 Å². The Morgan fingerprint density at radius 3 is 2.05 bits per heavy atom. The predicted molar refractivity (Wildman–Crippen MR) is 173 cm³/mol. The van der Waals surface area contributed by atoms with Crippen LogP contribution in [0.4, 0.5) is 11.4 Å². The van der Waals surface area contributed by atoms with E-state index in [9.17, 15) is 14.4 Å². The molecule has 0 heterocycles. The first-order valence-electron chi connectivity index (χ1n) is 13.5. The van der Waals surface area contributed by atoms with Crippen LogP contribution in [0.2, 0.25) is 5.02 Å². The van der Waals surface area contributed by atoms with Crippen molar-refractivity contribution >= 4 is 58.5 Å². The Bertz CT molecular complexity index is 1570. The summed E-state index contributed by atoms with van der Waals surface area (Å²) >= 11 is 7.54. The van der Waals surface area contributed by atoms with E-state index in [1.54, 1.807) is 60.7 Å². The van der Waals surface area contributed by atoms with Crippen LogP contribution in [-0.4, -0.2) is 23.0 Å². The number of hydrogen-bond acceptors (Lipinski definition) is 4. The average molecular weight is 598 g/mol. The molecule has 4 aromatic carbocycles. The molecule has 0 saturated carbocycles. The second-order valence-electron chi connectivity index (χ2n) is 9.91. The Morgan fingerprint density at radius 2 is 1.40 bits per heavy atom. The molecule has 0 aliphatic heterocycles. The largest absolute Gasteiger partial charge is 0.324 e. The van der Waals surface area contributed by atoms with Gasteiger partial charge in [-0.15, -0.1) is 11.8 Å². The molecule has 214 valence electrons. The van der Waals surface area contributed by atoms with Gasteiger partial charge in [-0.1, -0.05) is 80.0 Å². The summed E-state index contributed by atoms with van der Waals surface area (Å²) in [7, 11) is 0. The monoisotopic (exact) mass is 597 g/mol. The number of benzene rings is 4. The molecule has 42 heavy (non-hydrogen) atoms. The van der Waals surface area contributed by atoms with E-state index in [4.69, 9.17) is 11.6 Å². The van der Waals surface area contributed by atoms with Crippen molar-refractivity contribution in [1.82, 2.24) is 5.32 Å². The highest BCUT2D eigenvalue weighted by Gasteiger charge is 2.17. The third kappa shape index (κ3) is 8.59. The molecule has 3 amide bonds. The first kappa shape index (κ1) is 30.6. The lowest BCUT2D eigenvalue weighted by Gasteiger charge is -2.14. The van der Waals surface area contributed by atoms with Gasteiger partial charge in [0.15, 0.2) is 0 Å². The molecule has 1 unspecified atom stereocenters. The molecule has 0 fully saturated rings. The zero-order valence-corrected chi connectivity index (χ0v) is 25.1. The first-order chi connectivity index (χ1) is 20.2. The van der Waals surface area contributed by atoms with Gasteiger partial charge in [0.25, 0.3) is 11.8 Å². The molecule has 0 saturated heterocycles. The predicted octanol–water partition coefficient (Wildman–Crippen LogP) is 7.99. The SMILES string of the molecule is CC(Sc1ccc(NC(=O)/C(=C/c2ccc(C(C)C)cc2)NC(=O)c2ccccc2)cc1)C(=O)Nc1ccccc1Cl. The van der Waals surface area contributed by atoms with E-state index >= 15 is 0 Å². The summed E-state index contributed by atoms with van der Waals surface area (Å²) in [5.41, 5.74) is 3.64. The number of carbonyl (C=O) groups excluding carboxylic acids is 3. The van der Waals surface area contributed by atoms with E-state index in [0.717, 1.165) is 10.5 Å². The fraction of sp³-hybridized carbons (Fsp3) is 0.147. The zero-order chi connectivity index (χ0) is 30.1. The average Bonchev–Trinajstić information content (AvgIpc) is 2.99. The molecule has 0 aliphatic carbocycles. The summed E-state index contributed by atoms with van der Waals surface area (Å²) in [6.07, 6.45) is 1.66. The van der Waals surface area contributed by atoms with Crippen LogP contribution in [0.15, 0.2) is 114 Å². The van der Waals surface area contributed by atoms with Gasteiger partial charge in [-0.25, -0.2) is 0 Å². The van der Waals surface area contributed by atoms with Crippen LogP contribution < -0.4 is 16.0 Å². The number of nitrogens with one attached hydrogen (secondary N) is 3. The van der Waals surface area contributed by atoms with Crippen molar-refractivity contribution in [3.8, 4) is 0 Å². The van der Waals surface area contributed by atoms with Crippen molar-refractivity contribution in [2.45, 2.75) is 36.8 Å². The molecular weight excluding hydrogens is 566 g/mol. The van der Waals surface area contributed by atoms with Gasteiger partial charge in [0.05, 0.1) is 16.0 Å². The number of halogens is 1. The van der Waals surface area contributed by atoms with Crippen LogP contribution in [0.25, 0.3) is 6.08 Å². The fourth-order valence-corrected chi connectivity index (χ4v) is 5.01. The summed E-state index contributed by atoms with van der Waals surface area (Å²) < 4.78 is 0. The molecule has 0 radical (unpaired) electrons. The van der Waals surface area contributed by atoms with Gasteiger partial charge in [0.2, 0.25) is 5.91 Å². The van der Waals surface area contributed by atoms with Crippen LogP contribution in [0.1, 0.15) is 48.2 Å². The zero-order valence-electron chi connectivity index (χ0n) is 23.6. The number of anilines is 2. The lowest BCUT2D eigenvalue weighted by molar-refractivity contribution is -0.115. The lowest BCUT2D eigenvalue weighted by atomic mass is 10.0. The minimum Gasteiger partial charge on any atom is -0.324 e. The fourth-order valence-electron chi connectivity index (χ4n) is 3.96. The number of amides is 3. The van der Waals surface area contributed by atoms with Crippen LogP contribution in [0.3, 0.4) is 0 Å². The van der Waals surface area contributed by atoms with E-state index in [-0.39, 0.29) is 22.8 Å². The highest BCUT2D eigenvalue weighted by molar-refractivity contribution is 8.00. The minimum atomic E-state index is -0.458. The Morgan fingerprint density at radius 1 is 0.762 bits per heavy atom. The van der Waals surface area contributed by atoms with Crippen LogP contribution in [0, 0.1) is 0 Å². The number of hydrogen-bond donors (Lipinski definition) is 3. The number of para-hydroxylation sites is 1. The quantitative estimate of drug-likeness (QED) is 0.128. The van der Waals surface area contributed by atoms with Crippen molar-refractivity contribution in [2.24, 2.45) is 0 Å². The molecule has 0 aromatic heterocycles. The van der Waals surface area contributed by atoms with Crippen LogP contribution in [0.5, 0.6) is 0 Å². The second-order valence-corrected chi connectivity index (χ2v) is 11.7. The molecule has 4 aromatic rings. The van der Waals surface area contributed by atoms with Crippen molar-refractivity contribution < 1.29 is 14.4 Å². The molecule has 3 N–H and O–H groups in total. The van der Waals surface area contributed by atoms with Gasteiger partial charge in [-0.05, 0) is 78.6 Å².